The molecule has 1 fully saturated rings. The van der Waals surface area contributed by atoms with Gasteiger partial charge in [0.15, 0.2) is 0 Å². The predicted octanol–water partition coefficient (Wildman–Crippen LogP) is 0.677. The summed E-state index contributed by atoms with van der Waals surface area (Å²) in [4.78, 5) is 14.9. The van der Waals surface area contributed by atoms with Crippen LogP contribution in [0.15, 0.2) is 0 Å². The van der Waals surface area contributed by atoms with Crippen LogP contribution in [0, 0.1) is 0 Å². The van der Waals surface area contributed by atoms with Crippen LogP contribution >= 0.6 is 11.5 Å². The number of nitrogens with zero attached hydrogens (tertiary/aromatic N) is 3. The summed E-state index contributed by atoms with van der Waals surface area (Å²) < 4.78 is 3.90. The first-order valence-corrected chi connectivity index (χ1v) is 7.98. The third-order valence-corrected chi connectivity index (χ3v) is 4.25. The van der Waals surface area contributed by atoms with Crippen molar-refractivity contribution >= 4 is 17.4 Å². The molecular weight excluding hydrogens is 276 g/mol. The van der Waals surface area contributed by atoms with Gasteiger partial charge < -0.3 is 15.3 Å². The van der Waals surface area contributed by atoms with Crippen LogP contribution in [0.3, 0.4) is 0 Å². The first-order chi connectivity index (χ1) is 9.76. The molecule has 1 unspecified atom stereocenters. The van der Waals surface area contributed by atoms with Gasteiger partial charge in [-0.3, -0.25) is 4.79 Å². The van der Waals surface area contributed by atoms with E-state index >= 15 is 0 Å². The van der Waals surface area contributed by atoms with Gasteiger partial charge in [-0.1, -0.05) is 17.8 Å². The van der Waals surface area contributed by atoms with E-state index in [9.17, 15) is 9.90 Å². The molecule has 1 atom stereocenters. The number of aliphatic hydroxyl groups excluding tert-OH is 1. The molecule has 0 radical (unpaired) electrons. The van der Waals surface area contributed by atoms with E-state index in [0.717, 1.165) is 49.5 Å². The monoisotopic (exact) mass is 298 g/mol. The van der Waals surface area contributed by atoms with Gasteiger partial charge in [0.1, 0.15) is 4.88 Å². The second-order valence-electron chi connectivity index (χ2n) is 5.07. The first kappa shape index (κ1) is 15.3. The van der Waals surface area contributed by atoms with Gasteiger partial charge in [-0.15, -0.1) is 5.10 Å². The lowest BCUT2D eigenvalue weighted by atomic mass is 10.2. The Kier molecular flexibility index (Phi) is 5.87. The summed E-state index contributed by atoms with van der Waals surface area (Å²) in [5.41, 5.74) is 0.782. The minimum Gasteiger partial charge on any atom is -0.395 e. The number of carbonyl (C=O) groups excluding carboxylic acids is 1. The SMILES string of the molecule is CCCc1nnsc1C(=O)N(CCO)CC1CCCN1. The number of rotatable bonds is 7. The predicted molar refractivity (Wildman–Crippen MR) is 77.9 cm³/mol. The quantitative estimate of drug-likeness (QED) is 0.774. The van der Waals surface area contributed by atoms with Gasteiger partial charge in [0.2, 0.25) is 0 Å². The zero-order valence-electron chi connectivity index (χ0n) is 11.8. The van der Waals surface area contributed by atoms with Crippen molar-refractivity contribution in [3.05, 3.63) is 10.6 Å². The molecule has 1 amide bonds. The lowest BCUT2D eigenvalue weighted by Crippen LogP contribution is -2.42. The molecule has 112 valence electrons. The van der Waals surface area contributed by atoms with Crippen molar-refractivity contribution in [3.63, 3.8) is 0 Å². The summed E-state index contributed by atoms with van der Waals surface area (Å²) in [6.07, 6.45) is 3.94. The average Bonchev–Trinajstić information content (AvgIpc) is 3.09. The van der Waals surface area contributed by atoms with Crippen LogP contribution in [0.4, 0.5) is 0 Å². The second-order valence-corrected chi connectivity index (χ2v) is 5.82. The highest BCUT2D eigenvalue weighted by Gasteiger charge is 2.25. The van der Waals surface area contributed by atoms with Gasteiger partial charge in [0, 0.05) is 19.1 Å². The average molecular weight is 298 g/mol. The molecular formula is C13H22N4O2S. The topological polar surface area (TPSA) is 78.4 Å². The minimum atomic E-state index is -0.0498. The van der Waals surface area contributed by atoms with Gasteiger partial charge in [-0.25, -0.2) is 0 Å². The largest absolute Gasteiger partial charge is 0.395 e. The second kappa shape index (κ2) is 7.66. The summed E-state index contributed by atoms with van der Waals surface area (Å²) >= 11 is 1.16. The van der Waals surface area contributed by atoms with Gasteiger partial charge in [0.05, 0.1) is 12.3 Å². The Bertz CT molecular complexity index is 432. The van der Waals surface area contributed by atoms with Gasteiger partial charge >= 0.3 is 0 Å². The number of nitrogens with one attached hydrogen (secondary N) is 1. The standard InChI is InChI=1S/C13H22N4O2S/c1-2-4-11-12(20-16-15-11)13(19)17(7-8-18)9-10-5-3-6-14-10/h10,14,18H,2-9H2,1H3. The normalized spacial score (nSPS) is 18.4. The number of carbonyl (C=O) groups is 1. The maximum Gasteiger partial charge on any atom is 0.267 e. The maximum absolute atomic E-state index is 12.6. The van der Waals surface area contributed by atoms with Crippen molar-refractivity contribution in [3.8, 4) is 0 Å². The molecule has 1 aromatic rings. The highest BCUT2D eigenvalue weighted by Crippen LogP contribution is 2.17. The molecule has 1 aliphatic rings. The molecule has 2 heterocycles. The molecule has 6 nitrogen and oxygen atoms in total. The van der Waals surface area contributed by atoms with Crippen LogP contribution in [-0.4, -0.2) is 57.8 Å². The third kappa shape index (κ3) is 3.74. The molecule has 2 N–H and O–H groups in total. The highest BCUT2D eigenvalue weighted by molar-refractivity contribution is 7.08. The van der Waals surface area contributed by atoms with E-state index in [0.29, 0.717) is 24.0 Å². The number of hydrogen-bond acceptors (Lipinski definition) is 6. The molecule has 7 heteroatoms. The first-order valence-electron chi connectivity index (χ1n) is 7.21. The summed E-state index contributed by atoms with van der Waals surface area (Å²) in [5, 5.41) is 16.6. The third-order valence-electron chi connectivity index (χ3n) is 3.50. The number of aryl methyl sites for hydroxylation is 1. The smallest absolute Gasteiger partial charge is 0.267 e. The van der Waals surface area contributed by atoms with E-state index in [1.165, 1.54) is 0 Å². The van der Waals surface area contributed by atoms with Crippen molar-refractivity contribution < 1.29 is 9.90 Å². The molecule has 0 spiro atoms. The Morgan fingerprint density at radius 1 is 1.60 bits per heavy atom. The van der Waals surface area contributed by atoms with Crippen molar-refractivity contribution in [1.29, 1.82) is 0 Å². The zero-order chi connectivity index (χ0) is 14.4. The van der Waals surface area contributed by atoms with E-state index in [4.69, 9.17) is 0 Å². The Balaban J connectivity index is 2.06. The van der Waals surface area contributed by atoms with Crippen molar-refractivity contribution in [2.45, 2.75) is 38.6 Å². The van der Waals surface area contributed by atoms with Gasteiger partial charge in [-0.05, 0) is 37.3 Å². The summed E-state index contributed by atoms with van der Waals surface area (Å²) in [7, 11) is 0. The van der Waals surface area contributed by atoms with Crippen LogP contribution in [-0.2, 0) is 6.42 Å². The molecule has 1 saturated heterocycles. The van der Waals surface area contributed by atoms with E-state index in [2.05, 4.69) is 21.8 Å². The lowest BCUT2D eigenvalue weighted by molar-refractivity contribution is 0.0710. The van der Waals surface area contributed by atoms with Crippen LogP contribution in [0.2, 0.25) is 0 Å². The van der Waals surface area contributed by atoms with Gasteiger partial charge in [-0.2, -0.15) is 0 Å². The van der Waals surface area contributed by atoms with Crippen molar-refractivity contribution in [2.75, 3.05) is 26.2 Å². The molecule has 2 rings (SSSR count). The molecule has 0 bridgehead atoms. The number of hydrogen-bond donors (Lipinski definition) is 2. The molecule has 0 aliphatic carbocycles. The van der Waals surface area contributed by atoms with Gasteiger partial charge in [0.25, 0.3) is 5.91 Å². The van der Waals surface area contributed by atoms with E-state index < -0.39 is 0 Å². The zero-order valence-corrected chi connectivity index (χ0v) is 12.7. The summed E-state index contributed by atoms with van der Waals surface area (Å²) in [6.45, 7) is 4.05. The molecule has 20 heavy (non-hydrogen) atoms. The van der Waals surface area contributed by atoms with Crippen molar-refractivity contribution in [2.24, 2.45) is 0 Å². The molecule has 1 aromatic heterocycles. The Morgan fingerprint density at radius 3 is 3.10 bits per heavy atom. The number of amides is 1. The number of aliphatic hydroxyl groups is 1. The fourth-order valence-electron chi connectivity index (χ4n) is 2.49. The van der Waals surface area contributed by atoms with Crippen LogP contribution < -0.4 is 5.32 Å². The fraction of sp³-hybridized carbons (Fsp3) is 0.769. The number of aromatic nitrogens is 2. The fourth-order valence-corrected chi connectivity index (χ4v) is 3.17. The van der Waals surface area contributed by atoms with Crippen molar-refractivity contribution in [1.82, 2.24) is 19.8 Å². The molecule has 1 aliphatic heterocycles. The maximum atomic E-state index is 12.6. The summed E-state index contributed by atoms with van der Waals surface area (Å²) in [6, 6.07) is 0.334. The molecule has 0 saturated carbocycles. The Hall–Kier alpha value is -1.05. The molecule has 0 aromatic carbocycles. The minimum absolute atomic E-state index is 0.0200. The van der Waals surface area contributed by atoms with E-state index in [-0.39, 0.29) is 12.5 Å². The van der Waals surface area contributed by atoms with Crippen LogP contribution in [0.1, 0.15) is 41.6 Å². The van der Waals surface area contributed by atoms with E-state index in [1.807, 2.05) is 0 Å². The van der Waals surface area contributed by atoms with Crippen LogP contribution in [0.25, 0.3) is 0 Å². The Labute approximate surface area is 123 Å². The van der Waals surface area contributed by atoms with E-state index in [1.54, 1.807) is 4.90 Å². The van der Waals surface area contributed by atoms with Crippen LogP contribution in [0.5, 0.6) is 0 Å². The highest BCUT2D eigenvalue weighted by atomic mass is 32.1. The summed E-state index contributed by atoms with van der Waals surface area (Å²) in [5.74, 6) is -0.0498. The lowest BCUT2D eigenvalue weighted by Gasteiger charge is -2.24. The Morgan fingerprint density at radius 2 is 2.45 bits per heavy atom.